The normalized spacial score (nSPS) is 12.2. The number of aryl methyl sites for hydroxylation is 1. The standard InChI is InChI=1S/C25H22ClF3N6/c1-15(2)34-24(20(26)12-31-34)19-14-33(21-5-4-10-30-23(19)21)13-17-6-8-18(9-7-17)35-16(3)11-22(32-35)25(27,28)29/h4-12,14-15H,13H2,1-3H3. The van der Waals surface area contributed by atoms with Crippen LogP contribution in [0.3, 0.4) is 0 Å². The van der Waals surface area contributed by atoms with Crippen LogP contribution < -0.4 is 0 Å². The van der Waals surface area contributed by atoms with E-state index in [9.17, 15) is 13.2 Å². The Hall–Kier alpha value is -3.59. The largest absolute Gasteiger partial charge is 0.435 e. The molecule has 35 heavy (non-hydrogen) atoms. The van der Waals surface area contributed by atoms with Crippen molar-refractivity contribution in [3.63, 3.8) is 0 Å². The lowest BCUT2D eigenvalue weighted by molar-refractivity contribution is -0.141. The minimum atomic E-state index is -4.48. The summed E-state index contributed by atoms with van der Waals surface area (Å²) >= 11 is 6.51. The second kappa shape index (κ2) is 8.57. The van der Waals surface area contributed by atoms with E-state index in [4.69, 9.17) is 11.6 Å². The molecular weight excluding hydrogens is 477 g/mol. The van der Waals surface area contributed by atoms with Crippen molar-refractivity contribution in [2.45, 2.75) is 39.5 Å². The predicted octanol–water partition coefficient (Wildman–Crippen LogP) is 6.70. The third-order valence-electron chi connectivity index (χ3n) is 5.84. The zero-order valence-electron chi connectivity index (χ0n) is 19.3. The number of rotatable bonds is 5. The molecule has 0 amide bonds. The van der Waals surface area contributed by atoms with Gasteiger partial charge in [0.15, 0.2) is 5.69 Å². The highest BCUT2D eigenvalue weighted by molar-refractivity contribution is 6.33. The van der Waals surface area contributed by atoms with Crippen molar-refractivity contribution in [2.24, 2.45) is 0 Å². The van der Waals surface area contributed by atoms with Gasteiger partial charge < -0.3 is 4.57 Å². The Balaban J connectivity index is 1.50. The molecule has 180 valence electrons. The Morgan fingerprint density at radius 1 is 1.09 bits per heavy atom. The Kier molecular flexibility index (Phi) is 5.67. The number of nitrogens with zero attached hydrogens (tertiary/aromatic N) is 6. The average Bonchev–Trinajstić information content (AvgIpc) is 3.49. The molecule has 6 nitrogen and oxygen atoms in total. The molecule has 0 saturated heterocycles. The van der Waals surface area contributed by atoms with E-state index < -0.39 is 11.9 Å². The number of benzene rings is 1. The van der Waals surface area contributed by atoms with Crippen molar-refractivity contribution in [1.29, 1.82) is 0 Å². The number of hydrogen-bond donors (Lipinski definition) is 0. The first-order chi connectivity index (χ1) is 16.6. The highest BCUT2D eigenvalue weighted by atomic mass is 35.5. The summed E-state index contributed by atoms with van der Waals surface area (Å²) in [5, 5.41) is 8.71. The number of hydrogen-bond acceptors (Lipinski definition) is 3. The van der Waals surface area contributed by atoms with E-state index in [-0.39, 0.29) is 6.04 Å². The van der Waals surface area contributed by atoms with Crippen LogP contribution in [0.25, 0.3) is 28.0 Å². The molecule has 0 radical (unpaired) electrons. The Bertz CT molecular complexity index is 1510. The highest BCUT2D eigenvalue weighted by Crippen LogP contribution is 2.36. The molecule has 0 fully saturated rings. The zero-order chi connectivity index (χ0) is 24.9. The van der Waals surface area contributed by atoms with E-state index >= 15 is 0 Å². The molecule has 0 bridgehead atoms. The van der Waals surface area contributed by atoms with Gasteiger partial charge in [0.2, 0.25) is 0 Å². The van der Waals surface area contributed by atoms with E-state index in [2.05, 4.69) is 19.7 Å². The van der Waals surface area contributed by atoms with Crippen LogP contribution in [0.4, 0.5) is 13.2 Å². The van der Waals surface area contributed by atoms with Crippen molar-refractivity contribution in [2.75, 3.05) is 0 Å². The van der Waals surface area contributed by atoms with Crippen LogP contribution in [-0.2, 0) is 12.7 Å². The van der Waals surface area contributed by atoms with Gasteiger partial charge in [-0.15, -0.1) is 0 Å². The summed E-state index contributed by atoms with van der Waals surface area (Å²) in [6, 6.07) is 12.4. The lowest BCUT2D eigenvalue weighted by atomic mass is 10.2. The molecule has 0 spiro atoms. The monoisotopic (exact) mass is 498 g/mol. The van der Waals surface area contributed by atoms with Crippen LogP contribution >= 0.6 is 11.6 Å². The molecule has 0 aliphatic carbocycles. The molecule has 0 N–H and O–H groups in total. The number of pyridine rings is 1. The maximum absolute atomic E-state index is 13.0. The van der Waals surface area contributed by atoms with Crippen LogP contribution in [-0.4, -0.2) is 29.1 Å². The fourth-order valence-corrected chi connectivity index (χ4v) is 4.46. The van der Waals surface area contributed by atoms with Gasteiger partial charge in [-0.1, -0.05) is 23.7 Å². The van der Waals surface area contributed by atoms with Crippen molar-refractivity contribution in [1.82, 2.24) is 29.1 Å². The van der Waals surface area contributed by atoms with Gasteiger partial charge >= 0.3 is 6.18 Å². The molecule has 5 aromatic rings. The zero-order valence-corrected chi connectivity index (χ0v) is 20.0. The summed E-state index contributed by atoms with van der Waals surface area (Å²) in [5.41, 5.74) is 4.51. The van der Waals surface area contributed by atoms with Crippen molar-refractivity contribution in [3.8, 4) is 16.9 Å². The van der Waals surface area contributed by atoms with Gasteiger partial charge in [0.05, 0.1) is 33.6 Å². The van der Waals surface area contributed by atoms with Gasteiger partial charge in [-0.2, -0.15) is 23.4 Å². The first kappa shape index (κ1) is 23.2. The Morgan fingerprint density at radius 3 is 2.49 bits per heavy atom. The third-order valence-corrected chi connectivity index (χ3v) is 6.12. The van der Waals surface area contributed by atoms with Crippen LogP contribution in [0.1, 0.15) is 36.8 Å². The fraction of sp³-hybridized carbons (Fsp3) is 0.240. The third kappa shape index (κ3) is 4.20. The molecular formula is C25H22ClF3N6. The van der Waals surface area contributed by atoms with Crippen molar-refractivity contribution in [3.05, 3.63) is 83.0 Å². The van der Waals surface area contributed by atoms with E-state index in [0.29, 0.717) is 22.9 Å². The summed E-state index contributed by atoms with van der Waals surface area (Å²) in [6.07, 6.45) is 0.922. The number of fused-ring (bicyclic) bond motifs is 1. The number of aromatic nitrogens is 6. The average molecular weight is 499 g/mol. The Morgan fingerprint density at radius 2 is 1.83 bits per heavy atom. The van der Waals surface area contributed by atoms with E-state index in [1.54, 1.807) is 31.5 Å². The molecule has 4 heterocycles. The maximum Gasteiger partial charge on any atom is 0.435 e. The summed E-state index contributed by atoms with van der Waals surface area (Å²) in [7, 11) is 0. The first-order valence-corrected chi connectivity index (χ1v) is 11.4. The number of halogens is 4. The maximum atomic E-state index is 13.0. The van der Waals surface area contributed by atoms with E-state index in [0.717, 1.165) is 33.9 Å². The summed E-state index contributed by atoms with van der Waals surface area (Å²) in [6.45, 7) is 6.23. The smallest absolute Gasteiger partial charge is 0.341 e. The van der Waals surface area contributed by atoms with Gasteiger partial charge in [0, 0.05) is 36.2 Å². The van der Waals surface area contributed by atoms with Gasteiger partial charge in [-0.25, -0.2) is 4.68 Å². The van der Waals surface area contributed by atoms with Crippen LogP contribution in [0.15, 0.2) is 61.1 Å². The molecule has 10 heteroatoms. The van der Waals surface area contributed by atoms with Crippen LogP contribution in [0.2, 0.25) is 5.02 Å². The highest BCUT2D eigenvalue weighted by Gasteiger charge is 2.34. The molecule has 0 atom stereocenters. The second-order valence-electron chi connectivity index (χ2n) is 8.67. The first-order valence-electron chi connectivity index (χ1n) is 11.0. The van der Waals surface area contributed by atoms with Gasteiger partial charge in [0.1, 0.15) is 0 Å². The fourth-order valence-electron chi connectivity index (χ4n) is 4.23. The molecule has 0 saturated carbocycles. The quantitative estimate of drug-likeness (QED) is 0.271. The topological polar surface area (TPSA) is 53.5 Å². The van der Waals surface area contributed by atoms with E-state index in [1.165, 1.54) is 4.68 Å². The summed E-state index contributed by atoms with van der Waals surface area (Å²) < 4.78 is 44.4. The van der Waals surface area contributed by atoms with Crippen molar-refractivity contribution >= 4 is 22.6 Å². The van der Waals surface area contributed by atoms with Crippen molar-refractivity contribution < 1.29 is 13.2 Å². The molecule has 5 rings (SSSR count). The molecule has 4 aromatic heterocycles. The molecule has 0 unspecified atom stereocenters. The SMILES string of the molecule is Cc1cc(C(F)(F)F)nn1-c1ccc(Cn2cc(-c3c(Cl)cnn3C(C)C)c3ncccc32)cc1. The lowest BCUT2D eigenvalue weighted by Gasteiger charge is -2.10. The minimum absolute atomic E-state index is 0.121. The minimum Gasteiger partial charge on any atom is -0.341 e. The van der Waals surface area contributed by atoms with Gasteiger partial charge in [-0.05, 0) is 56.7 Å². The number of alkyl halides is 3. The molecule has 0 aliphatic heterocycles. The van der Waals surface area contributed by atoms with Crippen LogP contribution in [0.5, 0.6) is 0 Å². The van der Waals surface area contributed by atoms with E-state index in [1.807, 2.05) is 49.0 Å². The molecule has 1 aromatic carbocycles. The van der Waals surface area contributed by atoms with Crippen LogP contribution in [0, 0.1) is 6.92 Å². The summed E-state index contributed by atoms with van der Waals surface area (Å²) in [4.78, 5) is 4.60. The van der Waals surface area contributed by atoms with Gasteiger partial charge in [-0.3, -0.25) is 9.67 Å². The predicted molar refractivity (Wildman–Crippen MR) is 129 cm³/mol. The Labute approximate surface area is 204 Å². The molecule has 0 aliphatic rings. The lowest BCUT2D eigenvalue weighted by Crippen LogP contribution is -2.07. The van der Waals surface area contributed by atoms with Gasteiger partial charge in [0.25, 0.3) is 0 Å². The second-order valence-corrected chi connectivity index (χ2v) is 9.08. The summed E-state index contributed by atoms with van der Waals surface area (Å²) in [5.74, 6) is 0.